The van der Waals surface area contributed by atoms with Gasteiger partial charge in [0.05, 0.1) is 0 Å². The van der Waals surface area contributed by atoms with E-state index in [4.69, 9.17) is 5.73 Å². The van der Waals surface area contributed by atoms with Crippen molar-refractivity contribution < 1.29 is 0 Å². The molecule has 0 amide bonds. The molecule has 14 heavy (non-hydrogen) atoms. The van der Waals surface area contributed by atoms with Crippen molar-refractivity contribution >= 4 is 0 Å². The Morgan fingerprint density at radius 2 is 2.07 bits per heavy atom. The monoisotopic (exact) mass is 198 g/mol. The van der Waals surface area contributed by atoms with Gasteiger partial charge >= 0.3 is 0 Å². The fourth-order valence-electron chi connectivity index (χ4n) is 2.54. The first kappa shape index (κ1) is 12.0. The molecule has 0 aromatic heterocycles. The predicted molar refractivity (Wildman–Crippen MR) is 62.3 cm³/mol. The van der Waals surface area contributed by atoms with Crippen LogP contribution in [0.2, 0.25) is 0 Å². The molecule has 0 aromatic rings. The fraction of sp³-hybridized carbons (Fsp3) is 1.00. The lowest BCUT2D eigenvalue weighted by molar-refractivity contribution is 0.252. The molecule has 0 spiro atoms. The quantitative estimate of drug-likeness (QED) is 0.734. The summed E-state index contributed by atoms with van der Waals surface area (Å²) in [6.07, 6.45) is 4.93. The largest absolute Gasteiger partial charge is 0.328 e. The third kappa shape index (κ3) is 3.58. The maximum absolute atomic E-state index is 6.02. The van der Waals surface area contributed by atoms with Gasteiger partial charge in [0.1, 0.15) is 0 Å². The Hall–Kier alpha value is -0.0800. The molecular weight excluding hydrogens is 172 g/mol. The summed E-state index contributed by atoms with van der Waals surface area (Å²) in [7, 11) is 0. The van der Waals surface area contributed by atoms with Gasteiger partial charge < -0.3 is 10.6 Å². The van der Waals surface area contributed by atoms with E-state index in [0.717, 1.165) is 12.0 Å². The summed E-state index contributed by atoms with van der Waals surface area (Å²) >= 11 is 0. The van der Waals surface area contributed by atoms with Crippen LogP contribution in [0.3, 0.4) is 0 Å². The van der Waals surface area contributed by atoms with Crippen molar-refractivity contribution in [3.05, 3.63) is 0 Å². The SMILES string of the molecule is CCCC(N)CCN1CC(C)CC1C. The van der Waals surface area contributed by atoms with Crippen LogP contribution >= 0.6 is 0 Å². The predicted octanol–water partition coefficient (Wildman–Crippen LogP) is 2.23. The minimum atomic E-state index is 0.420. The van der Waals surface area contributed by atoms with Crippen LogP contribution in [0.5, 0.6) is 0 Å². The van der Waals surface area contributed by atoms with Crippen LogP contribution in [-0.2, 0) is 0 Å². The molecule has 1 aliphatic heterocycles. The Balaban J connectivity index is 2.18. The van der Waals surface area contributed by atoms with Gasteiger partial charge in [0, 0.05) is 18.6 Å². The van der Waals surface area contributed by atoms with Gasteiger partial charge in [-0.25, -0.2) is 0 Å². The van der Waals surface area contributed by atoms with E-state index in [0.29, 0.717) is 6.04 Å². The molecule has 84 valence electrons. The molecule has 0 radical (unpaired) electrons. The summed E-state index contributed by atoms with van der Waals surface area (Å²) in [6.45, 7) is 9.38. The van der Waals surface area contributed by atoms with Gasteiger partial charge in [-0.3, -0.25) is 0 Å². The van der Waals surface area contributed by atoms with Crippen LogP contribution in [0.1, 0.15) is 46.5 Å². The summed E-state index contributed by atoms with van der Waals surface area (Å²) in [5.41, 5.74) is 6.02. The summed E-state index contributed by atoms with van der Waals surface area (Å²) in [6, 6.07) is 1.20. The Morgan fingerprint density at radius 3 is 2.57 bits per heavy atom. The number of hydrogen-bond donors (Lipinski definition) is 1. The average Bonchev–Trinajstić information content (AvgIpc) is 2.42. The molecule has 1 aliphatic rings. The number of rotatable bonds is 5. The van der Waals surface area contributed by atoms with E-state index in [1.807, 2.05) is 0 Å². The van der Waals surface area contributed by atoms with Crippen molar-refractivity contribution in [1.29, 1.82) is 0 Å². The van der Waals surface area contributed by atoms with E-state index < -0.39 is 0 Å². The van der Waals surface area contributed by atoms with Crippen molar-refractivity contribution in [2.24, 2.45) is 11.7 Å². The van der Waals surface area contributed by atoms with Crippen molar-refractivity contribution in [3.8, 4) is 0 Å². The third-order valence-corrected chi connectivity index (χ3v) is 3.36. The van der Waals surface area contributed by atoms with Crippen molar-refractivity contribution in [2.75, 3.05) is 13.1 Å². The summed E-state index contributed by atoms with van der Waals surface area (Å²) in [5.74, 6) is 0.882. The first-order chi connectivity index (χ1) is 6.63. The minimum absolute atomic E-state index is 0.420. The Bertz CT molecular complexity index is 158. The van der Waals surface area contributed by atoms with Gasteiger partial charge in [-0.2, -0.15) is 0 Å². The first-order valence-electron chi connectivity index (χ1n) is 6.13. The van der Waals surface area contributed by atoms with Crippen molar-refractivity contribution in [2.45, 2.75) is 58.5 Å². The zero-order valence-corrected chi connectivity index (χ0v) is 10.00. The zero-order chi connectivity index (χ0) is 10.6. The molecule has 2 N–H and O–H groups in total. The van der Waals surface area contributed by atoms with Crippen LogP contribution < -0.4 is 5.73 Å². The number of likely N-dealkylation sites (tertiary alicyclic amines) is 1. The van der Waals surface area contributed by atoms with Crippen LogP contribution in [0.15, 0.2) is 0 Å². The van der Waals surface area contributed by atoms with Gasteiger partial charge in [-0.05, 0) is 38.6 Å². The molecular formula is C12H26N2. The Kier molecular flexibility index (Phi) is 4.90. The highest BCUT2D eigenvalue weighted by atomic mass is 15.2. The third-order valence-electron chi connectivity index (χ3n) is 3.36. The number of hydrogen-bond acceptors (Lipinski definition) is 2. The van der Waals surface area contributed by atoms with E-state index in [2.05, 4.69) is 25.7 Å². The molecule has 1 heterocycles. The van der Waals surface area contributed by atoms with Crippen LogP contribution in [0.4, 0.5) is 0 Å². The first-order valence-corrected chi connectivity index (χ1v) is 6.13. The molecule has 1 rings (SSSR count). The van der Waals surface area contributed by atoms with Gasteiger partial charge in [0.2, 0.25) is 0 Å². The van der Waals surface area contributed by atoms with E-state index in [1.54, 1.807) is 0 Å². The number of nitrogens with zero attached hydrogens (tertiary/aromatic N) is 1. The van der Waals surface area contributed by atoms with Crippen LogP contribution in [0.25, 0.3) is 0 Å². The molecule has 2 heteroatoms. The average molecular weight is 198 g/mol. The second-order valence-electron chi connectivity index (χ2n) is 5.02. The fourth-order valence-corrected chi connectivity index (χ4v) is 2.54. The maximum atomic E-state index is 6.02. The summed E-state index contributed by atoms with van der Waals surface area (Å²) < 4.78 is 0. The molecule has 3 unspecified atom stereocenters. The zero-order valence-electron chi connectivity index (χ0n) is 10.00. The van der Waals surface area contributed by atoms with Gasteiger partial charge in [0.15, 0.2) is 0 Å². The molecule has 0 bridgehead atoms. The Morgan fingerprint density at radius 1 is 1.36 bits per heavy atom. The Labute approximate surface area is 88.8 Å². The smallest absolute Gasteiger partial charge is 0.00700 e. The van der Waals surface area contributed by atoms with Crippen LogP contribution in [-0.4, -0.2) is 30.1 Å². The van der Waals surface area contributed by atoms with Gasteiger partial charge in [0.25, 0.3) is 0 Å². The second kappa shape index (κ2) is 5.72. The highest BCUT2D eigenvalue weighted by Gasteiger charge is 2.25. The van der Waals surface area contributed by atoms with Gasteiger partial charge in [-0.1, -0.05) is 20.3 Å². The molecule has 0 aromatic carbocycles. The highest BCUT2D eigenvalue weighted by molar-refractivity contribution is 4.80. The van der Waals surface area contributed by atoms with E-state index in [-0.39, 0.29) is 0 Å². The second-order valence-corrected chi connectivity index (χ2v) is 5.02. The lowest BCUT2D eigenvalue weighted by Crippen LogP contribution is -2.32. The van der Waals surface area contributed by atoms with E-state index >= 15 is 0 Å². The molecule has 3 atom stereocenters. The minimum Gasteiger partial charge on any atom is -0.328 e. The summed E-state index contributed by atoms with van der Waals surface area (Å²) in [5, 5.41) is 0. The molecule has 1 fully saturated rings. The lowest BCUT2D eigenvalue weighted by Gasteiger charge is -2.22. The van der Waals surface area contributed by atoms with Crippen molar-refractivity contribution in [3.63, 3.8) is 0 Å². The summed E-state index contributed by atoms with van der Waals surface area (Å²) in [4.78, 5) is 2.60. The van der Waals surface area contributed by atoms with Gasteiger partial charge in [-0.15, -0.1) is 0 Å². The van der Waals surface area contributed by atoms with E-state index in [1.165, 1.54) is 38.8 Å². The highest BCUT2D eigenvalue weighted by Crippen LogP contribution is 2.22. The maximum Gasteiger partial charge on any atom is 0.00700 e. The van der Waals surface area contributed by atoms with Crippen molar-refractivity contribution in [1.82, 2.24) is 4.90 Å². The van der Waals surface area contributed by atoms with Crippen LogP contribution in [0, 0.1) is 5.92 Å². The normalized spacial score (nSPS) is 30.9. The molecule has 0 aliphatic carbocycles. The molecule has 2 nitrogen and oxygen atoms in total. The van der Waals surface area contributed by atoms with E-state index in [9.17, 15) is 0 Å². The standard InChI is InChI=1S/C12H26N2/c1-4-5-12(13)6-7-14-9-10(2)8-11(14)3/h10-12H,4-9,13H2,1-3H3. The number of nitrogens with two attached hydrogens (primary N) is 1. The topological polar surface area (TPSA) is 29.3 Å². The molecule has 0 saturated carbocycles. The lowest BCUT2D eigenvalue weighted by atomic mass is 10.1. The molecule has 1 saturated heterocycles.